The first-order chi connectivity index (χ1) is 12.2. The topological polar surface area (TPSA) is 70.7 Å². The van der Waals surface area contributed by atoms with Gasteiger partial charge in [0.1, 0.15) is 0 Å². The summed E-state index contributed by atoms with van der Waals surface area (Å²) in [6.45, 7) is 2.46. The number of fused-ring (bicyclic) bond motifs is 4. The van der Waals surface area contributed by atoms with Gasteiger partial charge in [0.05, 0.1) is 17.8 Å². The van der Waals surface area contributed by atoms with E-state index in [0.29, 0.717) is 23.7 Å². The average molecular weight is 334 g/mol. The number of aryl methyl sites for hydroxylation is 1. The molecule has 25 heavy (non-hydrogen) atoms. The van der Waals surface area contributed by atoms with E-state index in [0.717, 1.165) is 22.2 Å². The molecule has 0 fully saturated rings. The van der Waals surface area contributed by atoms with Gasteiger partial charge in [0.2, 0.25) is 6.79 Å². The van der Waals surface area contributed by atoms with Crippen molar-refractivity contribution in [1.29, 1.82) is 0 Å². The second-order valence-electron chi connectivity index (χ2n) is 6.01. The lowest BCUT2D eigenvalue weighted by atomic mass is 10.1. The minimum absolute atomic E-state index is 0.196. The zero-order valence-corrected chi connectivity index (χ0v) is 13.5. The van der Waals surface area contributed by atoms with Crippen LogP contribution in [0.1, 0.15) is 11.3 Å². The van der Waals surface area contributed by atoms with E-state index in [1.807, 2.05) is 43.3 Å². The number of aromatic nitrogens is 4. The van der Waals surface area contributed by atoms with Gasteiger partial charge in [-0.1, -0.05) is 6.07 Å². The maximum atomic E-state index is 13.0. The lowest BCUT2D eigenvalue weighted by molar-refractivity contribution is 0.174. The normalized spacial score (nSPS) is 13.0. The summed E-state index contributed by atoms with van der Waals surface area (Å²) in [6, 6.07) is 11.3. The van der Waals surface area contributed by atoms with Crippen molar-refractivity contribution in [2.45, 2.75) is 13.5 Å². The second kappa shape index (κ2) is 5.07. The maximum Gasteiger partial charge on any atom is 0.351 e. The van der Waals surface area contributed by atoms with E-state index in [1.165, 1.54) is 4.68 Å². The lowest BCUT2D eigenvalue weighted by Crippen LogP contribution is -2.22. The summed E-state index contributed by atoms with van der Waals surface area (Å²) in [7, 11) is 0. The van der Waals surface area contributed by atoms with Gasteiger partial charge in [0.15, 0.2) is 17.1 Å². The van der Waals surface area contributed by atoms with Crippen LogP contribution in [0.3, 0.4) is 0 Å². The number of nitrogens with zero attached hydrogens (tertiary/aromatic N) is 4. The van der Waals surface area contributed by atoms with Gasteiger partial charge >= 0.3 is 5.69 Å². The number of pyridine rings is 2. The van der Waals surface area contributed by atoms with Crippen molar-refractivity contribution in [3.05, 3.63) is 64.3 Å². The first-order valence-corrected chi connectivity index (χ1v) is 7.93. The molecule has 1 aromatic carbocycles. The van der Waals surface area contributed by atoms with Gasteiger partial charge in [-0.05, 0) is 36.8 Å². The van der Waals surface area contributed by atoms with E-state index in [1.54, 1.807) is 10.6 Å². The molecule has 4 aromatic rings. The monoisotopic (exact) mass is 334 g/mol. The summed E-state index contributed by atoms with van der Waals surface area (Å²) < 4.78 is 13.9. The van der Waals surface area contributed by atoms with Crippen LogP contribution < -0.4 is 15.2 Å². The molecule has 5 rings (SSSR count). The summed E-state index contributed by atoms with van der Waals surface area (Å²) in [5, 5.41) is 5.42. The molecule has 0 spiro atoms. The fourth-order valence-corrected chi connectivity index (χ4v) is 3.18. The van der Waals surface area contributed by atoms with Gasteiger partial charge < -0.3 is 9.47 Å². The molecule has 0 radical (unpaired) electrons. The molecule has 1 aliphatic rings. The van der Waals surface area contributed by atoms with Gasteiger partial charge in [-0.2, -0.15) is 0 Å². The van der Waals surface area contributed by atoms with Gasteiger partial charge in [-0.25, -0.2) is 13.9 Å². The Kier molecular flexibility index (Phi) is 2.85. The first-order valence-electron chi connectivity index (χ1n) is 7.93. The third-order valence-electron chi connectivity index (χ3n) is 4.36. The number of hydrogen-bond acceptors (Lipinski definition) is 5. The zero-order valence-electron chi connectivity index (χ0n) is 13.5. The molecule has 4 heterocycles. The molecular weight excluding hydrogens is 320 g/mol. The minimum Gasteiger partial charge on any atom is -0.454 e. The molecule has 0 N–H and O–H groups in total. The third kappa shape index (κ3) is 2.09. The predicted octanol–water partition coefficient (Wildman–Crippen LogP) is 2.13. The largest absolute Gasteiger partial charge is 0.454 e. The van der Waals surface area contributed by atoms with Crippen LogP contribution in [0.5, 0.6) is 11.5 Å². The molecule has 0 atom stereocenters. The van der Waals surface area contributed by atoms with Crippen LogP contribution in [0, 0.1) is 6.92 Å². The minimum atomic E-state index is -0.201. The van der Waals surface area contributed by atoms with Crippen molar-refractivity contribution in [2.24, 2.45) is 0 Å². The van der Waals surface area contributed by atoms with Crippen LogP contribution in [0.2, 0.25) is 0 Å². The van der Waals surface area contributed by atoms with E-state index in [-0.39, 0.29) is 12.5 Å². The maximum absolute atomic E-state index is 13.0. The Hall–Kier alpha value is -3.35. The molecule has 7 nitrogen and oxygen atoms in total. The molecule has 124 valence electrons. The van der Waals surface area contributed by atoms with Crippen molar-refractivity contribution < 1.29 is 9.47 Å². The highest BCUT2D eigenvalue weighted by atomic mass is 16.7. The van der Waals surface area contributed by atoms with Crippen LogP contribution in [-0.4, -0.2) is 26.0 Å². The summed E-state index contributed by atoms with van der Waals surface area (Å²) in [4.78, 5) is 17.2. The summed E-state index contributed by atoms with van der Waals surface area (Å²) in [5.41, 5.74) is 2.89. The van der Waals surface area contributed by atoms with Gasteiger partial charge in [0, 0.05) is 17.6 Å². The van der Waals surface area contributed by atoms with E-state index in [4.69, 9.17) is 9.47 Å². The van der Waals surface area contributed by atoms with E-state index in [2.05, 4.69) is 10.1 Å². The molecule has 0 saturated carbocycles. The Bertz CT molecular complexity index is 1180. The molecular formula is C18H14N4O3. The standard InChI is InChI=1S/C18H14N4O3/c1-11-6-12-7-15-16(25-10-24-15)8-14(12)22-17(11)20-21(18(22)23)9-13-4-2-3-5-19-13/h2-8H,9-10H2,1H3. The summed E-state index contributed by atoms with van der Waals surface area (Å²) in [5.74, 6) is 1.34. The van der Waals surface area contributed by atoms with Crippen molar-refractivity contribution in [3.8, 4) is 11.5 Å². The Balaban J connectivity index is 1.77. The molecule has 0 aliphatic carbocycles. The molecule has 0 saturated heterocycles. The molecule has 1 aliphatic heterocycles. The number of ether oxygens (including phenoxy) is 2. The molecule has 0 bridgehead atoms. The van der Waals surface area contributed by atoms with Crippen LogP contribution in [0.15, 0.2) is 47.4 Å². The molecule has 0 unspecified atom stereocenters. The van der Waals surface area contributed by atoms with E-state index in [9.17, 15) is 4.79 Å². The fraction of sp³-hybridized carbons (Fsp3) is 0.167. The van der Waals surface area contributed by atoms with Gasteiger partial charge in [-0.15, -0.1) is 5.10 Å². The quantitative estimate of drug-likeness (QED) is 0.562. The van der Waals surface area contributed by atoms with E-state index >= 15 is 0 Å². The first kappa shape index (κ1) is 14.0. The Morgan fingerprint density at radius 1 is 1.16 bits per heavy atom. The van der Waals surface area contributed by atoms with Crippen LogP contribution >= 0.6 is 0 Å². The van der Waals surface area contributed by atoms with Crippen molar-refractivity contribution in [1.82, 2.24) is 19.2 Å². The third-order valence-corrected chi connectivity index (χ3v) is 4.36. The Labute approximate surface area is 142 Å². The SMILES string of the molecule is Cc1cc2cc3c(cc2n2c(=O)n(Cc4ccccn4)nc12)OCO3. The highest BCUT2D eigenvalue weighted by molar-refractivity contribution is 5.86. The van der Waals surface area contributed by atoms with E-state index < -0.39 is 0 Å². The second-order valence-corrected chi connectivity index (χ2v) is 6.01. The number of benzene rings is 1. The van der Waals surface area contributed by atoms with Crippen LogP contribution in [0.4, 0.5) is 0 Å². The highest BCUT2D eigenvalue weighted by Crippen LogP contribution is 2.36. The van der Waals surface area contributed by atoms with Crippen LogP contribution in [0.25, 0.3) is 16.6 Å². The van der Waals surface area contributed by atoms with Gasteiger partial charge in [0.25, 0.3) is 0 Å². The lowest BCUT2D eigenvalue weighted by Gasteiger charge is -2.05. The molecule has 3 aromatic heterocycles. The zero-order chi connectivity index (χ0) is 17.0. The van der Waals surface area contributed by atoms with Crippen LogP contribution in [-0.2, 0) is 6.54 Å². The highest BCUT2D eigenvalue weighted by Gasteiger charge is 2.19. The van der Waals surface area contributed by atoms with Crippen molar-refractivity contribution in [3.63, 3.8) is 0 Å². The average Bonchev–Trinajstić information content (AvgIpc) is 3.20. The number of hydrogen-bond donors (Lipinski definition) is 0. The van der Waals surface area contributed by atoms with Crippen molar-refractivity contribution in [2.75, 3.05) is 6.79 Å². The molecule has 0 amide bonds. The predicted molar refractivity (Wildman–Crippen MR) is 91.2 cm³/mol. The smallest absolute Gasteiger partial charge is 0.351 e. The summed E-state index contributed by atoms with van der Waals surface area (Å²) >= 11 is 0. The number of rotatable bonds is 2. The molecule has 7 heteroatoms. The fourth-order valence-electron chi connectivity index (χ4n) is 3.18. The van der Waals surface area contributed by atoms with Gasteiger partial charge in [-0.3, -0.25) is 4.98 Å². The van der Waals surface area contributed by atoms with Crippen molar-refractivity contribution >= 4 is 16.6 Å². The summed E-state index contributed by atoms with van der Waals surface area (Å²) in [6.07, 6.45) is 1.71. The Morgan fingerprint density at radius 3 is 2.80 bits per heavy atom. The Morgan fingerprint density at radius 2 is 2.00 bits per heavy atom.